The fourth-order valence-corrected chi connectivity index (χ4v) is 1.88. The average Bonchev–Trinajstić information content (AvgIpc) is 2.16. The molecule has 1 aromatic rings. The summed E-state index contributed by atoms with van der Waals surface area (Å²) < 4.78 is 6.57. The van der Waals surface area contributed by atoms with Gasteiger partial charge in [0.2, 0.25) is 0 Å². The van der Waals surface area contributed by atoms with E-state index in [9.17, 15) is 0 Å². The summed E-state index contributed by atoms with van der Waals surface area (Å²) in [6, 6.07) is 5.66. The number of nitrogens with two attached hydrogens (primary N) is 1. The summed E-state index contributed by atoms with van der Waals surface area (Å²) in [6.45, 7) is 2.98. The first-order valence-electron chi connectivity index (χ1n) is 5.41. The summed E-state index contributed by atoms with van der Waals surface area (Å²) in [5, 5.41) is 0. The van der Waals surface area contributed by atoms with Crippen LogP contribution in [0.2, 0.25) is 0 Å². The number of hydrogen-bond donors (Lipinski definition) is 1. The summed E-state index contributed by atoms with van der Waals surface area (Å²) >= 11 is 3.39. The lowest BCUT2D eigenvalue weighted by molar-refractivity contribution is 0.305. The molecular formula is C12H18BrNO. The van der Waals surface area contributed by atoms with Crippen LogP contribution >= 0.6 is 15.9 Å². The van der Waals surface area contributed by atoms with E-state index < -0.39 is 0 Å². The molecule has 0 aromatic heterocycles. The van der Waals surface area contributed by atoms with Gasteiger partial charge in [-0.2, -0.15) is 0 Å². The number of unbranched alkanes of at least 4 members (excludes halogenated alkanes) is 3. The third kappa shape index (κ3) is 5.07. The molecule has 0 bridgehead atoms. The van der Waals surface area contributed by atoms with E-state index in [1.54, 1.807) is 0 Å². The van der Waals surface area contributed by atoms with E-state index in [2.05, 4.69) is 22.9 Å². The Kier molecular flexibility index (Phi) is 5.54. The molecule has 2 nitrogen and oxygen atoms in total. The van der Waals surface area contributed by atoms with Crippen LogP contribution in [0, 0.1) is 0 Å². The number of halogens is 1. The topological polar surface area (TPSA) is 35.2 Å². The highest BCUT2D eigenvalue weighted by Crippen LogP contribution is 2.22. The standard InChI is InChI=1S/C12H18BrNO/c1-2-3-4-5-6-15-12-8-10(13)7-11(14)9-12/h7-9H,2-6,14H2,1H3. The molecule has 3 heteroatoms. The van der Waals surface area contributed by atoms with Gasteiger partial charge in [-0.15, -0.1) is 0 Å². The van der Waals surface area contributed by atoms with Crippen LogP contribution in [-0.2, 0) is 0 Å². The zero-order valence-corrected chi connectivity index (χ0v) is 10.7. The highest BCUT2D eigenvalue weighted by atomic mass is 79.9. The molecule has 1 rings (SSSR count). The molecule has 0 unspecified atom stereocenters. The van der Waals surface area contributed by atoms with Crippen LogP contribution in [0.15, 0.2) is 22.7 Å². The van der Waals surface area contributed by atoms with Crippen molar-refractivity contribution in [3.63, 3.8) is 0 Å². The number of benzene rings is 1. The lowest BCUT2D eigenvalue weighted by atomic mass is 10.2. The maximum atomic E-state index is 5.70. The first kappa shape index (κ1) is 12.4. The molecule has 84 valence electrons. The van der Waals surface area contributed by atoms with Crippen molar-refractivity contribution in [2.75, 3.05) is 12.3 Å². The summed E-state index contributed by atoms with van der Waals surface area (Å²) in [7, 11) is 0. The number of ether oxygens (including phenoxy) is 1. The summed E-state index contributed by atoms with van der Waals surface area (Å²) in [4.78, 5) is 0. The van der Waals surface area contributed by atoms with Gasteiger partial charge in [0.1, 0.15) is 5.75 Å². The van der Waals surface area contributed by atoms with E-state index in [1.165, 1.54) is 19.3 Å². The predicted molar refractivity (Wildman–Crippen MR) is 68.2 cm³/mol. The summed E-state index contributed by atoms with van der Waals surface area (Å²) in [5.74, 6) is 0.846. The number of rotatable bonds is 6. The molecule has 0 heterocycles. The van der Waals surface area contributed by atoms with Crippen LogP contribution in [0.3, 0.4) is 0 Å². The molecule has 1 aromatic carbocycles. The third-order valence-electron chi connectivity index (χ3n) is 2.16. The molecule has 0 radical (unpaired) electrons. The maximum absolute atomic E-state index is 5.70. The molecule has 0 fully saturated rings. The van der Waals surface area contributed by atoms with Crippen LogP contribution in [0.1, 0.15) is 32.6 Å². The van der Waals surface area contributed by atoms with Crippen LogP contribution < -0.4 is 10.5 Å². The molecule has 0 amide bonds. The van der Waals surface area contributed by atoms with Crippen LogP contribution in [-0.4, -0.2) is 6.61 Å². The number of nitrogen functional groups attached to an aromatic ring is 1. The van der Waals surface area contributed by atoms with Crippen molar-refractivity contribution in [2.24, 2.45) is 0 Å². The first-order chi connectivity index (χ1) is 7.22. The molecule has 0 aliphatic rings. The van der Waals surface area contributed by atoms with E-state index in [4.69, 9.17) is 10.5 Å². The molecule has 0 spiro atoms. The van der Waals surface area contributed by atoms with Crippen molar-refractivity contribution in [1.29, 1.82) is 0 Å². The zero-order chi connectivity index (χ0) is 11.1. The van der Waals surface area contributed by atoms with Crippen molar-refractivity contribution in [3.8, 4) is 5.75 Å². The minimum Gasteiger partial charge on any atom is -0.493 e. The fourth-order valence-electron chi connectivity index (χ4n) is 1.39. The maximum Gasteiger partial charge on any atom is 0.122 e. The smallest absolute Gasteiger partial charge is 0.122 e. The third-order valence-corrected chi connectivity index (χ3v) is 2.62. The van der Waals surface area contributed by atoms with Gasteiger partial charge in [-0.25, -0.2) is 0 Å². The molecule has 0 aliphatic carbocycles. The van der Waals surface area contributed by atoms with Gasteiger partial charge < -0.3 is 10.5 Å². The summed E-state index contributed by atoms with van der Waals surface area (Å²) in [6.07, 6.45) is 4.88. The van der Waals surface area contributed by atoms with Gasteiger partial charge in [0, 0.05) is 16.2 Å². The van der Waals surface area contributed by atoms with E-state index >= 15 is 0 Å². The van der Waals surface area contributed by atoms with Gasteiger partial charge in [-0.05, 0) is 18.6 Å². The monoisotopic (exact) mass is 271 g/mol. The lowest BCUT2D eigenvalue weighted by Crippen LogP contribution is -1.98. The summed E-state index contributed by atoms with van der Waals surface area (Å²) in [5.41, 5.74) is 6.43. The zero-order valence-electron chi connectivity index (χ0n) is 9.13. The van der Waals surface area contributed by atoms with Crippen molar-refractivity contribution in [3.05, 3.63) is 22.7 Å². The predicted octanol–water partition coefficient (Wildman–Crippen LogP) is 3.99. The second-order valence-electron chi connectivity index (χ2n) is 3.63. The Morgan fingerprint density at radius 1 is 1.20 bits per heavy atom. The average molecular weight is 272 g/mol. The van der Waals surface area contributed by atoms with E-state index in [0.29, 0.717) is 0 Å². The van der Waals surface area contributed by atoms with Crippen LogP contribution in [0.25, 0.3) is 0 Å². The minimum atomic E-state index is 0.730. The minimum absolute atomic E-state index is 0.730. The normalized spacial score (nSPS) is 10.3. The first-order valence-corrected chi connectivity index (χ1v) is 6.20. The van der Waals surface area contributed by atoms with Crippen LogP contribution in [0.5, 0.6) is 5.75 Å². The van der Waals surface area contributed by atoms with Crippen molar-refractivity contribution >= 4 is 21.6 Å². The van der Waals surface area contributed by atoms with Gasteiger partial charge in [-0.3, -0.25) is 0 Å². The van der Waals surface area contributed by atoms with Gasteiger partial charge in [0.05, 0.1) is 6.61 Å². The highest BCUT2D eigenvalue weighted by Gasteiger charge is 1.97. The van der Waals surface area contributed by atoms with E-state index in [0.717, 1.165) is 28.9 Å². The Bertz CT molecular complexity index is 281. The molecule has 2 N–H and O–H groups in total. The number of anilines is 1. The van der Waals surface area contributed by atoms with Crippen LogP contribution in [0.4, 0.5) is 5.69 Å². The van der Waals surface area contributed by atoms with E-state index in [1.807, 2.05) is 18.2 Å². The van der Waals surface area contributed by atoms with Gasteiger partial charge >= 0.3 is 0 Å². The van der Waals surface area contributed by atoms with Crippen molar-refractivity contribution in [1.82, 2.24) is 0 Å². The van der Waals surface area contributed by atoms with E-state index in [-0.39, 0.29) is 0 Å². The fraction of sp³-hybridized carbons (Fsp3) is 0.500. The molecule has 15 heavy (non-hydrogen) atoms. The Labute approximate surface area is 99.9 Å². The largest absolute Gasteiger partial charge is 0.493 e. The number of hydrogen-bond acceptors (Lipinski definition) is 2. The van der Waals surface area contributed by atoms with Gasteiger partial charge in [0.15, 0.2) is 0 Å². The van der Waals surface area contributed by atoms with Crippen molar-refractivity contribution in [2.45, 2.75) is 32.6 Å². The quantitative estimate of drug-likeness (QED) is 0.627. The second-order valence-corrected chi connectivity index (χ2v) is 4.55. The van der Waals surface area contributed by atoms with Crippen molar-refractivity contribution < 1.29 is 4.74 Å². The molecular weight excluding hydrogens is 254 g/mol. The Balaban J connectivity index is 2.31. The van der Waals surface area contributed by atoms with Gasteiger partial charge in [-0.1, -0.05) is 42.1 Å². The second kappa shape index (κ2) is 6.72. The molecule has 0 aliphatic heterocycles. The SMILES string of the molecule is CCCCCCOc1cc(N)cc(Br)c1. The molecule has 0 saturated carbocycles. The lowest BCUT2D eigenvalue weighted by Gasteiger charge is -2.07. The Morgan fingerprint density at radius 3 is 2.67 bits per heavy atom. The molecule has 0 atom stereocenters. The molecule has 0 saturated heterocycles. The Morgan fingerprint density at radius 2 is 2.00 bits per heavy atom. The Hall–Kier alpha value is -0.700. The van der Waals surface area contributed by atoms with Gasteiger partial charge in [0.25, 0.3) is 0 Å². The highest BCUT2D eigenvalue weighted by molar-refractivity contribution is 9.10.